The highest BCUT2D eigenvalue weighted by atomic mass is 32.2. The molecule has 0 atom stereocenters. The Hall–Kier alpha value is -2.53. The van der Waals surface area contributed by atoms with Crippen molar-refractivity contribution in [3.63, 3.8) is 0 Å². The Kier molecular flexibility index (Phi) is 3.98. The lowest BCUT2D eigenvalue weighted by atomic mass is 10.0. The molecule has 0 unspecified atom stereocenters. The first-order valence-corrected chi connectivity index (χ1v) is 8.01. The minimum atomic E-state index is -0.0632. The van der Waals surface area contributed by atoms with Gasteiger partial charge in [0.05, 0.1) is 16.1 Å². The number of pyridine rings is 1. The lowest BCUT2D eigenvalue weighted by Crippen LogP contribution is -2.20. The first-order chi connectivity index (χ1) is 10.8. The molecule has 0 spiro atoms. The van der Waals surface area contributed by atoms with Gasteiger partial charge in [0.2, 0.25) is 0 Å². The Morgan fingerprint density at radius 2 is 1.77 bits per heavy atom. The average molecular weight is 309 g/mol. The van der Waals surface area contributed by atoms with Crippen LogP contribution in [0.15, 0.2) is 69.5 Å². The molecular formula is C17H15N3OS. The van der Waals surface area contributed by atoms with Gasteiger partial charge in [0.25, 0.3) is 0 Å². The van der Waals surface area contributed by atoms with E-state index in [2.05, 4.69) is 10.1 Å². The van der Waals surface area contributed by atoms with E-state index in [4.69, 9.17) is 5.84 Å². The van der Waals surface area contributed by atoms with E-state index in [0.717, 1.165) is 16.1 Å². The van der Waals surface area contributed by atoms with Crippen LogP contribution in [0.4, 0.5) is 0 Å². The largest absolute Gasteiger partial charge is 0.349 e. The number of fused-ring (bicyclic) bond motifs is 1. The number of H-pyrrole nitrogens is 1. The predicted molar refractivity (Wildman–Crippen MR) is 92.6 cm³/mol. The monoisotopic (exact) mass is 309 g/mol. The number of benzene rings is 2. The third-order valence-corrected chi connectivity index (χ3v) is 4.21. The first-order valence-electron chi connectivity index (χ1n) is 6.79. The average Bonchev–Trinajstić information content (AvgIpc) is 2.58. The summed E-state index contributed by atoms with van der Waals surface area (Å²) >= 11 is 1.47. The molecule has 3 N–H and O–H groups in total. The summed E-state index contributed by atoms with van der Waals surface area (Å²) in [5.41, 5.74) is 2.58. The lowest BCUT2D eigenvalue weighted by Gasteiger charge is -2.11. The number of hydrazone groups is 1. The molecule has 0 bridgehead atoms. The van der Waals surface area contributed by atoms with Crippen molar-refractivity contribution in [1.82, 2.24) is 4.98 Å². The van der Waals surface area contributed by atoms with E-state index in [1.54, 1.807) is 6.07 Å². The maximum absolute atomic E-state index is 12.9. The lowest BCUT2D eigenvalue weighted by molar-refractivity contribution is 1.14. The second kappa shape index (κ2) is 6.07. The molecule has 0 aliphatic rings. The Balaban J connectivity index is 2.34. The summed E-state index contributed by atoms with van der Waals surface area (Å²) < 4.78 is 0. The standard InChI is InChI=1S/C17H15N3OS/c1-22-17-14(15(20-18)11-7-3-2-4-8-11)16(21)12-9-5-6-10-13(12)19-17/h2-10H,18H2,1H3,(H,19,21)/b20-15+. The predicted octanol–water partition coefficient (Wildman–Crippen LogP) is 2.96. The zero-order chi connectivity index (χ0) is 15.5. The molecule has 5 heteroatoms. The van der Waals surface area contributed by atoms with Crippen LogP contribution in [0, 0.1) is 0 Å². The van der Waals surface area contributed by atoms with E-state index < -0.39 is 0 Å². The van der Waals surface area contributed by atoms with Crippen molar-refractivity contribution in [3.8, 4) is 0 Å². The molecular weight excluding hydrogens is 294 g/mol. The number of nitrogens with two attached hydrogens (primary N) is 1. The van der Waals surface area contributed by atoms with Crippen LogP contribution in [-0.4, -0.2) is 17.0 Å². The number of aromatic nitrogens is 1. The number of para-hydroxylation sites is 1. The molecule has 0 radical (unpaired) electrons. The third-order valence-electron chi connectivity index (χ3n) is 3.49. The molecule has 0 saturated heterocycles. The summed E-state index contributed by atoms with van der Waals surface area (Å²) in [5.74, 6) is 5.60. The Labute approximate surface area is 132 Å². The molecule has 110 valence electrons. The van der Waals surface area contributed by atoms with Gasteiger partial charge >= 0.3 is 0 Å². The zero-order valence-corrected chi connectivity index (χ0v) is 12.9. The Bertz CT molecular complexity index is 901. The highest BCUT2D eigenvalue weighted by Crippen LogP contribution is 2.22. The van der Waals surface area contributed by atoms with Gasteiger partial charge in [-0.3, -0.25) is 4.79 Å². The van der Waals surface area contributed by atoms with Crippen LogP contribution in [0.1, 0.15) is 11.1 Å². The summed E-state index contributed by atoms with van der Waals surface area (Å²) in [5, 5.41) is 5.28. The van der Waals surface area contributed by atoms with Crippen molar-refractivity contribution in [2.45, 2.75) is 5.03 Å². The van der Waals surface area contributed by atoms with Gasteiger partial charge in [0.15, 0.2) is 5.43 Å². The second-order valence-corrected chi connectivity index (χ2v) is 5.57. The Morgan fingerprint density at radius 3 is 2.45 bits per heavy atom. The molecule has 0 amide bonds. The smallest absolute Gasteiger partial charge is 0.200 e. The molecule has 3 aromatic rings. The van der Waals surface area contributed by atoms with Gasteiger partial charge in [-0.2, -0.15) is 5.10 Å². The highest BCUT2D eigenvalue weighted by molar-refractivity contribution is 7.98. The summed E-state index contributed by atoms with van der Waals surface area (Å²) in [4.78, 5) is 16.2. The molecule has 1 heterocycles. The van der Waals surface area contributed by atoms with Crippen LogP contribution in [0.3, 0.4) is 0 Å². The number of nitrogens with one attached hydrogen (secondary N) is 1. The fraction of sp³-hybridized carbons (Fsp3) is 0.0588. The molecule has 4 nitrogen and oxygen atoms in total. The van der Waals surface area contributed by atoms with Gasteiger partial charge in [-0.25, -0.2) is 0 Å². The van der Waals surface area contributed by atoms with Crippen molar-refractivity contribution in [1.29, 1.82) is 0 Å². The van der Waals surface area contributed by atoms with Crippen molar-refractivity contribution in [2.75, 3.05) is 6.26 Å². The van der Waals surface area contributed by atoms with Crippen LogP contribution >= 0.6 is 11.8 Å². The van der Waals surface area contributed by atoms with E-state index in [0.29, 0.717) is 16.7 Å². The van der Waals surface area contributed by atoms with E-state index in [1.165, 1.54) is 11.8 Å². The molecule has 0 aliphatic heterocycles. The third kappa shape index (κ3) is 2.40. The van der Waals surface area contributed by atoms with Crippen LogP contribution in [0.2, 0.25) is 0 Å². The number of aromatic amines is 1. The van der Waals surface area contributed by atoms with Crippen LogP contribution in [0.25, 0.3) is 10.9 Å². The summed E-state index contributed by atoms with van der Waals surface area (Å²) in [6, 6.07) is 16.9. The van der Waals surface area contributed by atoms with Crippen molar-refractivity contribution >= 4 is 28.4 Å². The molecule has 2 aromatic carbocycles. The number of hydrogen-bond donors (Lipinski definition) is 2. The van der Waals surface area contributed by atoms with Crippen molar-refractivity contribution in [3.05, 3.63) is 75.9 Å². The van der Waals surface area contributed by atoms with Gasteiger partial charge in [-0.1, -0.05) is 42.5 Å². The maximum atomic E-state index is 12.9. The van der Waals surface area contributed by atoms with E-state index >= 15 is 0 Å². The van der Waals surface area contributed by atoms with Crippen LogP contribution < -0.4 is 11.3 Å². The minimum Gasteiger partial charge on any atom is -0.349 e. The van der Waals surface area contributed by atoms with Crippen molar-refractivity contribution in [2.24, 2.45) is 10.9 Å². The number of thioether (sulfide) groups is 1. The number of rotatable bonds is 3. The highest BCUT2D eigenvalue weighted by Gasteiger charge is 2.18. The second-order valence-electron chi connectivity index (χ2n) is 4.75. The van der Waals surface area contributed by atoms with Gasteiger partial charge in [0.1, 0.15) is 5.71 Å². The number of hydrogen-bond acceptors (Lipinski definition) is 4. The quantitative estimate of drug-likeness (QED) is 0.338. The fourth-order valence-electron chi connectivity index (χ4n) is 2.46. The minimum absolute atomic E-state index is 0.0632. The molecule has 0 aliphatic carbocycles. The fourth-order valence-corrected chi connectivity index (χ4v) is 3.07. The molecule has 0 fully saturated rings. The molecule has 0 saturated carbocycles. The zero-order valence-electron chi connectivity index (χ0n) is 12.0. The van der Waals surface area contributed by atoms with Crippen LogP contribution in [0.5, 0.6) is 0 Å². The van der Waals surface area contributed by atoms with E-state index in [1.807, 2.05) is 54.8 Å². The number of nitrogens with zero attached hydrogens (tertiary/aromatic N) is 1. The normalized spacial score (nSPS) is 11.8. The molecule has 22 heavy (non-hydrogen) atoms. The SMILES string of the molecule is CSc1[nH]c2ccccc2c(=O)c1/C(=N/N)c1ccccc1. The summed E-state index contributed by atoms with van der Waals surface area (Å²) in [7, 11) is 0. The summed E-state index contributed by atoms with van der Waals surface area (Å²) in [6.45, 7) is 0. The molecule has 3 rings (SSSR count). The van der Waals surface area contributed by atoms with E-state index in [-0.39, 0.29) is 5.43 Å². The van der Waals surface area contributed by atoms with Crippen LogP contribution in [-0.2, 0) is 0 Å². The van der Waals surface area contributed by atoms with Gasteiger partial charge in [-0.05, 0) is 18.4 Å². The van der Waals surface area contributed by atoms with Gasteiger partial charge < -0.3 is 10.8 Å². The summed E-state index contributed by atoms with van der Waals surface area (Å²) in [6.07, 6.45) is 1.92. The Morgan fingerprint density at radius 1 is 1.09 bits per heavy atom. The van der Waals surface area contributed by atoms with Crippen molar-refractivity contribution < 1.29 is 0 Å². The first kappa shape index (κ1) is 14.4. The maximum Gasteiger partial charge on any atom is 0.200 e. The molecule has 1 aromatic heterocycles. The van der Waals surface area contributed by atoms with Gasteiger partial charge in [-0.15, -0.1) is 11.8 Å². The topological polar surface area (TPSA) is 71.2 Å². The van der Waals surface area contributed by atoms with Gasteiger partial charge in [0, 0.05) is 10.9 Å². The van der Waals surface area contributed by atoms with E-state index in [9.17, 15) is 4.79 Å².